The second-order valence-electron chi connectivity index (χ2n) is 5.32. The van der Waals surface area contributed by atoms with Crippen LogP contribution in [0, 0.1) is 0 Å². The Morgan fingerprint density at radius 3 is 2.63 bits per heavy atom. The summed E-state index contributed by atoms with van der Waals surface area (Å²) in [7, 11) is -3.62. The Kier molecular flexibility index (Phi) is 7.70. The van der Waals surface area contributed by atoms with E-state index in [1.807, 2.05) is 0 Å². The van der Waals surface area contributed by atoms with Gasteiger partial charge in [-0.3, -0.25) is 0 Å². The van der Waals surface area contributed by atoms with Crippen LogP contribution in [0.15, 0.2) is 28.3 Å². The second kappa shape index (κ2) is 9.57. The molecule has 13 heteroatoms. The smallest absolute Gasteiger partial charge is 0.422 e. The monoisotopic (exact) mass is 429 g/mol. The van der Waals surface area contributed by atoms with Crippen molar-refractivity contribution in [2.24, 2.45) is 0 Å². The normalized spacial score (nSPS) is 16.1. The van der Waals surface area contributed by atoms with Gasteiger partial charge in [-0.05, 0) is 12.1 Å². The van der Waals surface area contributed by atoms with Crippen molar-refractivity contribution in [3.63, 3.8) is 0 Å². The van der Waals surface area contributed by atoms with E-state index in [9.17, 15) is 26.4 Å². The van der Waals surface area contributed by atoms with Crippen LogP contribution in [-0.2, 0) is 19.5 Å². The van der Waals surface area contributed by atoms with E-state index in [-0.39, 0.29) is 24.5 Å². The molecule has 1 fully saturated rings. The summed E-state index contributed by atoms with van der Waals surface area (Å²) in [4.78, 5) is 15.2. The zero-order valence-corrected chi connectivity index (χ0v) is 15.7. The molecule has 0 aliphatic carbocycles. The van der Waals surface area contributed by atoms with Crippen LogP contribution in [0.1, 0.15) is 0 Å². The summed E-state index contributed by atoms with van der Waals surface area (Å²) in [5.41, 5.74) is 0. The number of amides is 1. The number of carbonyl (C=O) groups excluding carboxylic acids is 1. The van der Waals surface area contributed by atoms with E-state index in [0.29, 0.717) is 24.0 Å². The quantitative estimate of drug-likeness (QED) is 0.518. The van der Waals surface area contributed by atoms with Crippen molar-refractivity contribution in [2.45, 2.75) is 16.1 Å². The predicted octanol–water partition coefficient (Wildman–Crippen LogP) is 1.48. The van der Waals surface area contributed by atoms with Gasteiger partial charge in [0.2, 0.25) is 10.0 Å². The fraction of sp³-hybridized carbons (Fsp3) is 0.571. The molecule has 0 aromatic carbocycles. The standard InChI is InChI=1S/C14H18F3N3O5S2/c15-14(16,17)10-25-13(21)18-3-8-26-12-2-1-11(9-19-12)27(22,23)20-4-6-24-7-5-20/h1-2,9H,3-8,10H2,(H,18,21). The summed E-state index contributed by atoms with van der Waals surface area (Å²) < 4.78 is 71.0. The number of hydrogen-bond acceptors (Lipinski definition) is 7. The molecular formula is C14H18F3N3O5S2. The van der Waals surface area contributed by atoms with Crippen LogP contribution in [-0.4, -0.2) is 75.2 Å². The van der Waals surface area contributed by atoms with Gasteiger partial charge in [-0.15, -0.1) is 11.8 Å². The molecule has 1 aromatic rings. The molecule has 152 valence electrons. The molecular weight excluding hydrogens is 411 g/mol. The third kappa shape index (κ3) is 7.16. The average Bonchev–Trinajstić information content (AvgIpc) is 2.64. The molecule has 0 spiro atoms. The predicted molar refractivity (Wildman–Crippen MR) is 89.9 cm³/mol. The van der Waals surface area contributed by atoms with Gasteiger partial charge in [-0.25, -0.2) is 18.2 Å². The average molecular weight is 429 g/mol. The largest absolute Gasteiger partial charge is 0.440 e. The maximum Gasteiger partial charge on any atom is 0.422 e. The van der Waals surface area contributed by atoms with Crippen molar-refractivity contribution in [1.29, 1.82) is 0 Å². The van der Waals surface area contributed by atoms with Crippen molar-refractivity contribution < 1.29 is 35.9 Å². The van der Waals surface area contributed by atoms with Gasteiger partial charge in [0.1, 0.15) is 4.90 Å². The number of alkyl carbamates (subject to hydrolysis) is 1. The molecule has 1 aliphatic heterocycles. The fourth-order valence-electron chi connectivity index (χ4n) is 2.05. The minimum atomic E-state index is -4.57. The van der Waals surface area contributed by atoms with Crippen LogP contribution in [0.5, 0.6) is 0 Å². The van der Waals surface area contributed by atoms with Crippen LogP contribution in [0.4, 0.5) is 18.0 Å². The molecule has 27 heavy (non-hydrogen) atoms. The highest BCUT2D eigenvalue weighted by Gasteiger charge is 2.29. The fourth-order valence-corrected chi connectivity index (χ4v) is 4.11. The Hall–Kier alpha value is -1.57. The molecule has 2 rings (SSSR count). The van der Waals surface area contributed by atoms with Crippen molar-refractivity contribution >= 4 is 27.9 Å². The molecule has 1 aromatic heterocycles. The van der Waals surface area contributed by atoms with E-state index in [1.165, 1.54) is 34.4 Å². The molecule has 0 bridgehead atoms. The minimum absolute atomic E-state index is 0.0663. The maximum atomic E-state index is 12.4. The number of halogens is 3. The summed E-state index contributed by atoms with van der Waals surface area (Å²) >= 11 is 1.21. The number of alkyl halides is 3. The lowest BCUT2D eigenvalue weighted by Crippen LogP contribution is -2.40. The molecule has 2 heterocycles. The van der Waals surface area contributed by atoms with Crippen LogP contribution < -0.4 is 5.32 Å². The molecule has 1 amide bonds. The van der Waals surface area contributed by atoms with Gasteiger partial charge in [-0.1, -0.05) is 0 Å². The van der Waals surface area contributed by atoms with Gasteiger partial charge >= 0.3 is 12.3 Å². The summed E-state index contributed by atoms with van der Waals surface area (Å²) in [6.45, 7) is -0.314. The lowest BCUT2D eigenvalue weighted by atomic mass is 10.5. The second-order valence-corrected chi connectivity index (χ2v) is 8.37. The number of nitrogens with zero attached hydrogens (tertiary/aromatic N) is 2. The van der Waals surface area contributed by atoms with Crippen LogP contribution in [0.25, 0.3) is 0 Å². The number of ether oxygens (including phenoxy) is 2. The molecule has 8 nitrogen and oxygen atoms in total. The van der Waals surface area contributed by atoms with E-state index in [4.69, 9.17) is 4.74 Å². The van der Waals surface area contributed by atoms with Gasteiger partial charge in [0.15, 0.2) is 6.61 Å². The highest BCUT2D eigenvalue weighted by atomic mass is 32.2. The summed E-state index contributed by atoms with van der Waals surface area (Å²) in [5, 5.41) is 2.70. The van der Waals surface area contributed by atoms with Crippen molar-refractivity contribution in [2.75, 3.05) is 45.2 Å². The SMILES string of the molecule is O=C(NCCSc1ccc(S(=O)(=O)N2CCOCC2)cn1)OCC(F)(F)F. The summed E-state index contributed by atoms with van der Waals surface area (Å²) in [5.74, 6) is 0.323. The molecule has 0 radical (unpaired) electrons. The van der Waals surface area contributed by atoms with Crippen LogP contribution >= 0.6 is 11.8 Å². The lowest BCUT2D eigenvalue weighted by molar-refractivity contribution is -0.160. The van der Waals surface area contributed by atoms with Gasteiger partial charge < -0.3 is 14.8 Å². The molecule has 0 atom stereocenters. The number of pyridine rings is 1. The van der Waals surface area contributed by atoms with Crippen molar-refractivity contribution in [3.8, 4) is 0 Å². The van der Waals surface area contributed by atoms with E-state index in [0.717, 1.165) is 0 Å². The van der Waals surface area contributed by atoms with Gasteiger partial charge in [-0.2, -0.15) is 17.5 Å². The Morgan fingerprint density at radius 2 is 2.04 bits per heavy atom. The highest BCUT2D eigenvalue weighted by molar-refractivity contribution is 7.99. The number of hydrogen-bond donors (Lipinski definition) is 1. The molecule has 1 saturated heterocycles. The van der Waals surface area contributed by atoms with Gasteiger partial charge in [0, 0.05) is 31.6 Å². The molecule has 0 unspecified atom stereocenters. The molecule has 1 N–H and O–H groups in total. The number of thioether (sulfide) groups is 1. The summed E-state index contributed by atoms with van der Waals surface area (Å²) in [6, 6.07) is 2.96. The Bertz CT molecular complexity index is 723. The Morgan fingerprint density at radius 1 is 1.33 bits per heavy atom. The first-order chi connectivity index (χ1) is 12.7. The zero-order valence-electron chi connectivity index (χ0n) is 14.1. The number of rotatable bonds is 7. The van der Waals surface area contributed by atoms with E-state index in [1.54, 1.807) is 0 Å². The third-order valence-corrected chi connectivity index (χ3v) is 6.13. The zero-order chi connectivity index (χ0) is 19.9. The number of nitrogens with one attached hydrogen (secondary N) is 1. The number of aromatic nitrogens is 1. The molecule has 1 aliphatic rings. The van der Waals surface area contributed by atoms with Gasteiger partial charge in [0.25, 0.3) is 0 Å². The van der Waals surface area contributed by atoms with Crippen LogP contribution in [0.2, 0.25) is 0 Å². The highest BCUT2D eigenvalue weighted by Crippen LogP contribution is 2.20. The van der Waals surface area contributed by atoms with E-state index in [2.05, 4.69) is 15.0 Å². The van der Waals surface area contributed by atoms with Crippen molar-refractivity contribution in [1.82, 2.24) is 14.6 Å². The maximum absolute atomic E-state index is 12.4. The van der Waals surface area contributed by atoms with E-state index >= 15 is 0 Å². The number of carbonyl (C=O) groups is 1. The number of sulfonamides is 1. The van der Waals surface area contributed by atoms with E-state index < -0.39 is 28.9 Å². The Labute approximate surface area is 158 Å². The first kappa shape index (κ1) is 21.7. The Balaban J connectivity index is 1.76. The van der Waals surface area contributed by atoms with Gasteiger partial charge in [0.05, 0.1) is 18.2 Å². The lowest BCUT2D eigenvalue weighted by Gasteiger charge is -2.25. The van der Waals surface area contributed by atoms with Crippen LogP contribution in [0.3, 0.4) is 0 Å². The third-order valence-electron chi connectivity index (χ3n) is 3.31. The van der Waals surface area contributed by atoms with Crippen molar-refractivity contribution in [3.05, 3.63) is 18.3 Å². The first-order valence-electron chi connectivity index (χ1n) is 7.82. The molecule has 0 saturated carbocycles. The minimum Gasteiger partial charge on any atom is -0.440 e. The topological polar surface area (TPSA) is 97.8 Å². The summed E-state index contributed by atoms with van der Waals surface area (Å²) in [6.07, 6.45) is -4.48. The first-order valence-corrected chi connectivity index (χ1v) is 10.3. The number of morpholine rings is 1.